The molecule has 1 aromatic heterocycles. The summed E-state index contributed by atoms with van der Waals surface area (Å²) in [5, 5.41) is 9.32. The monoisotopic (exact) mass is 488 g/mol. The van der Waals surface area contributed by atoms with Crippen molar-refractivity contribution in [3.63, 3.8) is 0 Å². The van der Waals surface area contributed by atoms with Gasteiger partial charge in [-0.25, -0.2) is 0 Å². The first kappa shape index (κ1) is 22.4. The Morgan fingerprint density at radius 3 is 2.43 bits per heavy atom. The molecule has 0 saturated heterocycles. The summed E-state index contributed by atoms with van der Waals surface area (Å²) in [5.74, 6) is 1.79. The maximum absolute atomic E-state index is 12.6. The summed E-state index contributed by atoms with van der Waals surface area (Å²) in [4.78, 5) is 14.9. The molecule has 1 heterocycles. The minimum absolute atomic E-state index is 0.0245. The van der Waals surface area contributed by atoms with Crippen LogP contribution in [-0.4, -0.2) is 46.5 Å². The van der Waals surface area contributed by atoms with Crippen LogP contribution in [0.4, 0.5) is 5.69 Å². The molecule has 0 spiro atoms. The Hall–Kier alpha value is -2.32. The first-order chi connectivity index (χ1) is 14.5. The lowest BCUT2D eigenvalue weighted by atomic mass is 10.1. The van der Waals surface area contributed by atoms with E-state index in [1.807, 2.05) is 11.6 Å². The molecule has 0 amide bonds. The van der Waals surface area contributed by atoms with Crippen LogP contribution in [0.2, 0.25) is 0 Å². The molecular weight excluding hydrogens is 464 g/mol. The average molecular weight is 489 g/mol. The molecule has 0 aliphatic rings. The molecule has 6 nitrogen and oxygen atoms in total. The zero-order valence-electron chi connectivity index (χ0n) is 17.6. The Morgan fingerprint density at radius 2 is 1.83 bits per heavy atom. The summed E-state index contributed by atoms with van der Waals surface area (Å²) in [6, 6.07) is 13.7. The Labute approximate surface area is 189 Å². The van der Waals surface area contributed by atoms with E-state index in [2.05, 4.69) is 69.1 Å². The Kier molecular flexibility index (Phi) is 7.55. The third-order valence-electron chi connectivity index (χ3n) is 4.90. The van der Waals surface area contributed by atoms with Gasteiger partial charge >= 0.3 is 0 Å². The summed E-state index contributed by atoms with van der Waals surface area (Å²) in [6.07, 6.45) is 0. The standard InChI is InChI=1S/C22H25BrN4O2S/c1-5-27(6-2)17-10-7-15(8-11-17)21-24-25-22(26(21)3)30-14-19(28)16-9-12-20(29-4)18(23)13-16/h7-13H,5-6,14H2,1-4H3. The number of methoxy groups -OCH3 is 1. The molecule has 0 atom stereocenters. The van der Waals surface area contributed by atoms with Gasteiger partial charge in [0.15, 0.2) is 16.8 Å². The summed E-state index contributed by atoms with van der Waals surface area (Å²) in [6.45, 7) is 6.24. The predicted octanol–water partition coefficient (Wildman–Crippen LogP) is 5.07. The van der Waals surface area contributed by atoms with Crippen LogP contribution in [-0.2, 0) is 7.05 Å². The maximum atomic E-state index is 12.6. The predicted molar refractivity (Wildman–Crippen MR) is 126 cm³/mol. The summed E-state index contributed by atoms with van der Waals surface area (Å²) in [7, 11) is 3.52. The van der Waals surface area contributed by atoms with Gasteiger partial charge in [-0.2, -0.15) is 0 Å². The number of ketones is 1. The summed E-state index contributed by atoms with van der Waals surface area (Å²) >= 11 is 4.80. The van der Waals surface area contributed by atoms with Crippen LogP contribution in [0.3, 0.4) is 0 Å². The van der Waals surface area contributed by atoms with Crippen molar-refractivity contribution in [3.05, 3.63) is 52.5 Å². The largest absolute Gasteiger partial charge is 0.496 e. The average Bonchev–Trinajstić information content (AvgIpc) is 3.13. The van der Waals surface area contributed by atoms with Crippen LogP contribution in [0, 0.1) is 0 Å². The molecule has 0 N–H and O–H groups in total. The van der Waals surface area contributed by atoms with E-state index in [1.54, 1.807) is 25.3 Å². The minimum Gasteiger partial charge on any atom is -0.496 e. The third-order valence-corrected chi connectivity index (χ3v) is 6.54. The number of Topliss-reactive ketones (excluding diaryl/α,β-unsaturated/α-hetero) is 1. The molecule has 0 unspecified atom stereocenters. The highest BCUT2D eigenvalue weighted by atomic mass is 79.9. The highest BCUT2D eigenvalue weighted by molar-refractivity contribution is 9.10. The first-order valence-corrected chi connectivity index (χ1v) is 11.5. The van der Waals surface area contributed by atoms with Crippen LogP contribution in [0.5, 0.6) is 5.75 Å². The zero-order valence-corrected chi connectivity index (χ0v) is 20.0. The SMILES string of the molecule is CCN(CC)c1ccc(-c2nnc(SCC(=O)c3ccc(OC)c(Br)c3)n2C)cc1. The number of hydrogen-bond acceptors (Lipinski definition) is 6. The molecule has 3 aromatic rings. The quantitative estimate of drug-likeness (QED) is 0.309. The van der Waals surface area contributed by atoms with Crippen molar-refractivity contribution in [2.45, 2.75) is 19.0 Å². The molecule has 2 aromatic carbocycles. The van der Waals surface area contributed by atoms with Crippen LogP contribution >= 0.6 is 27.7 Å². The van der Waals surface area contributed by atoms with E-state index >= 15 is 0 Å². The van der Waals surface area contributed by atoms with Gasteiger partial charge in [0, 0.05) is 37.0 Å². The number of carbonyl (C=O) groups is 1. The molecule has 30 heavy (non-hydrogen) atoms. The number of nitrogens with zero attached hydrogens (tertiary/aromatic N) is 4. The fourth-order valence-corrected chi connectivity index (χ4v) is 4.50. The van der Waals surface area contributed by atoms with Gasteiger partial charge in [0.25, 0.3) is 0 Å². The number of carbonyl (C=O) groups excluding carboxylic acids is 1. The van der Waals surface area contributed by atoms with E-state index in [-0.39, 0.29) is 11.5 Å². The molecule has 3 rings (SSSR count). The number of benzene rings is 2. The highest BCUT2D eigenvalue weighted by Crippen LogP contribution is 2.28. The second-order valence-corrected chi connectivity index (χ2v) is 8.44. The van der Waals surface area contributed by atoms with E-state index in [1.165, 1.54) is 17.4 Å². The minimum atomic E-state index is 0.0245. The van der Waals surface area contributed by atoms with Crippen molar-refractivity contribution in [1.82, 2.24) is 14.8 Å². The molecular formula is C22H25BrN4O2S. The van der Waals surface area contributed by atoms with E-state index < -0.39 is 0 Å². The molecule has 0 radical (unpaired) electrons. The third kappa shape index (κ3) is 4.87. The zero-order chi connectivity index (χ0) is 21.7. The number of ether oxygens (including phenoxy) is 1. The lowest BCUT2D eigenvalue weighted by Crippen LogP contribution is -2.21. The van der Waals surface area contributed by atoms with Crippen LogP contribution in [0.1, 0.15) is 24.2 Å². The van der Waals surface area contributed by atoms with Crippen molar-refractivity contribution >= 4 is 39.2 Å². The van der Waals surface area contributed by atoms with Crippen molar-refractivity contribution in [2.24, 2.45) is 7.05 Å². The molecule has 0 saturated carbocycles. The molecule has 0 aliphatic carbocycles. The van der Waals surface area contributed by atoms with Gasteiger partial charge in [0.05, 0.1) is 17.3 Å². The van der Waals surface area contributed by atoms with Crippen LogP contribution in [0.25, 0.3) is 11.4 Å². The lowest BCUT2D eigenvalue weighted by Gasteiger charge is -2.21. The number of anilines is 1. The van der Waals surface area contributed by atoms with E-state index in [0.717, 1.165) is 29.0 Å². The van der Waals surface area contributed by atoms with E-state index in [9.17, 15) is 4.79 Å². The van der Waals surface area contributed by atoms with E-state index in [0.29, 0.717) is 16.5 Å². The topological polar surface area (TPSA) is 60.3 Å². The van der Waals surface area contributed by atoms with Crippen molar-refractivity contribution in [2.75, 3.05) is 30.9 Å². The summed E-state index contributed by atoms with van der Waals surface area (Å²) in [5.41, 5.74) is 2.82. The van der Waals surface area contributed by atoms with Gasteiger partial charge in [-0.3, -0.25) is 4.79 Å². The van der Waals surface area contributed by atoms with Gasteiger partial charge < -0.3 is 14.2 Å². The second kappa shape index (κ2) is 10.1. The van der Waals surface area contributed by atoms with Crippen molar-refractivity contribution < 1.29 is 9.53 Å². The van der Waals surface area contributed by atoms with E-state index in [4.69, 9.17) is 4.74 Å². The Bertz CT molecular complexity index is 1020. The highest BCUT2D eigenvalue weighted by Gasteiger charge is 2.15. The van der Waals surface area contributed by atoms with Crippen LogP contribution < -0.4 is 9.64 Å². The fraction of sp³-hybridized carbons (Fsp3) is 0.318. The number of thioether (sulfide) groups is 1. The normalized spacial score (nSPS) is 10.8. The number of halogens is 1. The number of aromatic nitrogens is 3. The fourth-order valence-electron chi connectivity index (χ4n) is 3.16. The Morgan fingerprint density at radius 1 is 1.13 bits per heavy atom. The smallest absolute Gasteiger partial charge is 0.191 e. The Balaban J connectivity index is 1.69. The van der Waals surface area contributed by atoms with Gasteiger partial charge in [-0.05, 0) is 72.2 Å². The number of hydrogen-bond donors (Lipinski definition) is 0. The number of rotatable bonds is 9. The first-order valence-electron chi connectivity index (χ1n) is 9.72. The summed E-state index contributed by atoms with van der Waals surface area (Å²) < 4.78 is 7.90. The van der Waals surface area contributed by atoms with Gasteiger partial charge in [-0.1, -0.05) is 11.8 Å². The molecule has 158 valence electrons. The maximum Gasteiger partial charge on any atom is 0.191 e. The molecule has 0 bridgehead atoms. The molecule has 0 aliphatic heterocycles. The second-order valence-electron chi connectivity index (χ2n) is 6.65. The van der Waals surface area contributed by atoms with Crippen molar-refractivity contribution in [3.8, 4) is 17.1 Å². The van der Waals surface area contributed by atoms with Crippen LogP contribution in [0.15, 0.2) is 52.1 Å². The molecule has 0 fully saturated rings. The lowest BCUT2D eigenvalue weighted by molar-refractivity contribution is 0.102. The van der Waals surface area contributed by atoms with Gasteiger partial charge in [0.1, 0.15) is 5.75 Å². The molecule has 8 heteroatoms. The van der Waals surface area contributed by atoms with Crippen molar-refractivity contribution in [1.29, 1.82) is 0 Å². The van der Waals surface area contributed by atoms with Gasteiger partial charge in [0.2, 0.25) is 0 Å². The van der Waals surface area contributed by atoms with Gasteiger partial charge in [-0.15, -0.1) is 10.2 Å².